The third kappa shape index (κ3) is 4.56. The third-order valence-corrected chi connectivity index (χ3v) is 3.06. The van der Waals surface area contributed by atoms with Gasteiger partial charge in [0.05, 0.1) is 5.92 Å². The largest absolute Gasteiger partial charge is 0.444 e. The van der Waals surface area contributed by atoms with Crippen molar-refractivity contribution in [2.45, 2.75) is 39.0 Å². The van der Waals surface area contributed by atoms with Crippen molar-refractivity contribution in [2.24, 2.45) is 11.8 Å². The molecule has 1 fully saturated rings. The van der Waals surface area contributed by atoms with Crippen molar-refractivity contribution in [1.82, 2.24) is 4.90 Å². The van der Waals surface area contributed by atoms with E-state index in [-0.39, 0.29) is 13.0 Å². The lowest BCUT2D eigenvalue weighted by Gasteiger charge is -2.39. The van der Waals surface area contributed by atoms with Crippen LogP contribution < -0.4 is 0 Å². The highest BCUT2D eigenvalue weighted by molar-refractivity contribution is 5.68. The van der Waals surface area contributed by atoms with Gasteiger partial charge in [0, 0.05) is 19.7 Å². The normalized spacial score (nSPS) is 25.3. The number of aliphatic hydroxyl groups excluding tert-OH is 1. The first-order chi connectivity index (χ1) is 8.54. The number of nitrogens with zero attached hydrogens (tertiary/aromatic N) is 1. The molecule has 1 saturated heterocycles. The van der Waals surface area contributed by atoms with Crippen molar-refractivity contribution >= 4 is 6.09 Å². The minimum Gasteiger partial charge on any atom is -0.444 e. The van der Waals surface area contributed by atoms with Crippen LogP contribution in [-0.2, 0) is 4.74 Å². The summed E-state index contributed by atoms with van der Waals surface area (Å²) in [6, 6.07) is 0. The zero-order chi connectivity index (χ0) is 14.8. The van der Waals surface area contributed by atoms with Crippen molar-refractivity contribution in [3.05, 3.63) is 0 Å². The van der Waals surface area contributed by atoms with Crippen molar-refractivity contribution in [1.29, 1.82) is 0 Å². The molecule has 7 heteroatoms. The van der Waals surface area contributed by atoms with Gasteiger partial charge in [-0.05, 0) is 33.1 Å². The number of rotatable bonds is 1. The maximum atomic E-state index is 12.9. The minimum atomic E-state index is -4.42. The van der Waals surface area contributed by atoms with Crippen LogP contribution in [0.2, 0.25) is 0 Å². The summed E-state index contributed by atoms with van der Waals surface area (Å²) >= 11 is 0. The number of amides is 1. The molecule has 112 valence electrons. The van der Waals surface area contributed by atoms with E-state index < -0.39 is 42.9 Å². The van der Waals surface area contributed by atoms with E-state index in [4.69, 9.17) is 9.84 Å². The van der Waals surface area contributed by atoms with Crippen molar-refractivity contribution in [2.75, 3.05) is 19.7 Å². The molecule has 0 spiro atoms. The maximum absolute atomic E-state index is 12.9. The molecule has 0 bridgehead atoms. The monoisotopic (exact) mass is 283 g/mol. The molecule has 19 heavy (non-hydrogen) atoms. The van der Waals surface area contributed by atoms with Crippen LogP contribution in [0.15, 0.2) is 0 Å². The smallest absolute Gasteiger partial charge is 0.410 e. The standard InChI is InChI=1S/C12H20F3NO3/c1-11(2,3)19-10(18)16-5-4-8(7-17)9(6-16)12(13,14)15/h8-9,17H,4-7H2,1-3H3/t8-,9+/m1/s1. The van der Waals surface area contributed by atoms with Crippen LogP contribution in [-0.4, -0.2) is 47.6 Å². The highest BCUT2D eigenvalue weighted by atomic mass is 19.4. The molecule has 0 radical (unpaired) electrons. The number of carbonyl (C=O) groups is 1. The summed E-state index contributed by atoms with van der Waals surface area (Å²) in [4.78, 5) is 12.8. The second kappa shape index (κ2) is 5.56. The predicted octanol–water partition coefficient (Wildman–Crippen LogP) is 2.41. The summed E-state index contributed by atoms with van der Waals surface area (Å²) in [7, 11) is 0. The van der Waals surface area contributed by atoms with Gasteiger partial charge in [-0.15, -0.1) is 0 Å². The second-order valence-electron chi connectivity index (χ2n) is 5.81. The molecule has 0 aromatic rings. The topological polar surface area (TPSA) is 49.8 Å². The van der Waals surface area contributed by atoms with Gasteiger partial charge in [0.25, 0.3) is 0 Å². The molecule has 0 aliphatic carbocycles. The van der Waals surface area contributed by atoms with Crippen LogP contribution in [0.5, 0.6) is 0 Å². The number of halogens is 3. The Bertz CT molecular complexity index is 325. The molecule has 1 amide bonds. The van der Waals surface area contributed by atoms with Gasteiger partial charge in [-0.3, -0.25) is 0 Å². The molecule has 1 N–H and O–H groups in total. The fourth-order valence-electron chi connectivity index (χ4n) is 2.08. The van der Waals surface area contributed by atoms with Gasteiger partial charge in [-0.25, -0.2) is 4.79 Å². The number of ether oxygens (including phenoxy) is 1. The number of piperidine rings is 1. The highest BCUT2D eigenvalue weighted by Crippen LogP contribution is 2.37. The summed E-state index contributed by atoms with van der Waals surface area (Å²) in [6.45, 7) is 4.18. The van der Waals surface area contributed by atoms with Crippen LogP contribution in [0.1, 0.15) is 27.2 Å². The Labute approximate surface area is 110 Å². The van der Waals surface area contributed by atoms with E-state index in [0.29, 0.717) is 0 Å². The fourth-order valence-corrected chi connectivity index (χ4v) is 2.08. The van der Waals surface area contributed by atoms with E-state index >= 15 is 0 Å². The van der Waals surface area contributed by atoms with Crippen molar-refractivity contribution in [3.63, 3.8) is 0 Å². The lowest BCUT2D eigenvalue weighted by Crippen LogP contribution is -2.50. The number of alkyl halides is 3. The van der Waals surface area contributed by atoms with E-state index in [0.717, 1.165) is 4.90 Å². The Kier molecular flexibility index (Phi) is 4.71. The Morgan fingerprint density at radius 1 is 1.37 bits per heavy atom. The average Bonchev–Trinajstić information content (AvgIpc) is 2.24. The molecule has 1 aliphatic heterocycles. The Morgan fingerprint density at radius 2 is 1.95 bits per heavy atom. The van der Waals surface area contributed by atoms with E-state index in [9.17, 15) is 18.0 Å². The molecule has 4 nitrogen and oxygen atoms in total. The van der Waals surface area contributed by atoms with Gasteiger partial charge >= 0.3 is 12.3 Å². The molecular weight excluding hydrogens is 263 g/mol. The Morgan fingerprint density at radius 3 is 2.37 bits per heavy atom. The maximum Gasteiger partial charge on any atom is 0.410 e. The van der Waals surface area contributed by atoms with Crippen molar-refractivity contribution < 1.29 is 27.8 Å². The van der Waals surface area contributed by atoms with Crippen LogP contribution in [0.4, 0.5) is 18.0 Å². The van der Waals surface area contributed by atoms with Crippen molar-refractivity contribution in [3.8, 4) is 0 Å². The predicted molar refractivity (Wildman–Crippen MR) is 62.5 cm³/mol. The molecule has 0 saturated carbocycles. The number of hydrogen-bond donors (Lipinski definition) is 1. The van der Waals surface area contributed by atoms with Gasteiger partial charge in [-0.1, -0.05) is 0 Å². The van der Waals surface area contributed by atoms with Gasteiger partial charge < -0.3 is 14.7 Å². The Hall–Kier alpha value is -0.980. The summed E-state index contributed by atoms with van der Waals surface area (Å²) in [6.07, 6.45) is -5.04. The second-order valence-corrected chi connectivity index (χ2v) is 5.81. The summed E-state index contributed by atoms with van der Waals surface area (Å²) < 4.78 is 43.7. The molecule has 2 atom stereocenters. The summed E-state index contributed by atoms with van der Waals surface area (Å²) in [5, 5.41) is 9.00. The van der Waals surface area contributed by atoms with E-state index in [1.807, 2.05) is 0 Å². The summed E-state index contributed by atoms with van der Waals surface area (Å²) in [5.41, 5.74) is -0.737. The number of aliphatic hydroxyl groups is 1. The van der Waals surface area contributed by atoms with Crippen LogP contribution >= 0.6 is 0 Å². The number of hydrogen-bond acceptors (Lipinski definition) is 3. The zero-order valence-electron chi connectivity index (χ0n) is 11.3. The highest BCUT2D eigenvalue weighted by Gasteiger charge is 2.48. The lowest BCUT2D eigenvalue weighted by molar-refractivity contribution is -0.203. The molecule has 0 unspecified atom stereocenters. The molecule has 1 aliphatic rings. The van der Waals surface area contributed by atoms with E-state index in [2.05, 4.69) is 0 Å². The van der Waals surface area contributed by atoms with Gasteiger partial charge in [-0.2, -0.15) is 13.2 Å². The molecule has 1 heterocycles. The average molecular weight is 283 g/mol. The first kappa shape index (κ1) is 16.1. The molecule has 0 aromatic carbocycles. The zero-order valence-corrected chi connectivity index (χ0v) is 11.3. The first-order valence-corrected chi connectivity index (χ1v) is 6.20. The quantitative estimate of drug-likeness (QED) is 0.804. The molecular formula is C12H20F3NO3. The fraction of sp³-hybridized carbons (Fsp3) is 0.917. The summed E-state index contributed by atoms with van der Waals surface area (Å²) in [5.74, 6) is -2.54. The SMILES string of the molecule is CC(C)(C)OC(=O)N1CC[C@H](CO)[C@@H](C(F)(F)F)C1. The van der Waals surface area contributed by atoms with Crippen LogP contribution in [0, 0.1) is 11.8 Å². The van der Waals surface area contributed by atoms with Gasteiger partial charge in [0.2, 0.25) is 0 Å². The third-order valence-electron chi connectivity index (χ3n) is 3.06. The van der Waals surface area contributed by atoms with Crippen LogP contribution in [0.25, 0.3) is 0 Å². The van der Waals surface area contributed by atoms with E-state index in [1.54, 1.807) is 20.8 Å². The molecule has 1 rings (SSSR count). The lowest BCUT2D eigenvalue weighted by atomic mass is 9.86. The van der Waals surface area contributed by atoms with E-state index in [1.165, 1.54) is 0 Å². The van der Waals surface area contributed by atoms with Gasteiger partial charge in [0.1, 0.15) is 5.60 Å². The van der Waals surface area contributed by atoms with Gasteiger partial charge in [0.15, 0.2) is 0 Å². The minimum absolute atomic E-state index is 0.125. The number of carbonyl (C=O) groups excluding carboxylic acids is 1. The number of likely N-dealkylation sites (tertiary alicyclic amines) is 1. The first-order valence-electron chi connectivity index (χ1n) is 6.20. The molecule has 0 aromatic heterocycles. The van der Waals surface area contributed by atoms with Crippen LogP contribution in [0.3, 0.4) is 0 Å². The Balaban J connectivity index is 2.72.